The summed E-state index contributed by atoms with van der Waals surface area (Å²) >= 11 is 13.8. The second-order valence-electron chi connectivity index (χ2n) is 13.6. The van der Waals surface area contributed by atoms with Crippen LogP contribution in [0.5, 0.6) is 0 Å². The number of rotatable bonds is 7. The molecule has 0 radical (unpaired) electrons. The number of carbonyl (C=O) groups is 3. The first-order chi connectivity index (χ1) is 24.0. The lowest BCUT2D eigenvalue weighted by atomic mass is 9.85. The van der Waals surface area contributed by atoms with Gasteiger partial charge in [-0.05, 0) is 44.9 Å². The summed E-state index contributed by atoms with van der Waals surface area (Å²) in [5.74, 6) is -1.09. The number of nitrogens with one attached hydrogen (secondary N) is 2. The predicted octanol–water partition coefficient (Wildman–Crippen LogP) is 5.62. The Hall–Kier alpha value is -4.23. The van der Waals surface area contributed by atoms with E-state index < -0.39 is 5.97 Å². The lowest BCUT2D eigenvalue weighted by Gasteiger charge is -2.37. The zero-order valence-corrected chi connectivity index (χ0v) is 29.8. The summed E-state index contributed by atoms with van der Waals surface area (Å²) in [6.07, 6.45) is 4.66. The van der Waals surface area contributed by atoms with Crippen molar-refractivity contribution in [1.82, 2.24) is 28.9 Å². The number of hydrogen-bond donors (Lipinski definition) is 3. The number of fused-ring (bicyclic) bond motifs is 2. The number of carbonyl (C=O) groups excluding carboxylic acids is 2. The Labute approximate surface area is 300 Å². The van der Waals surface area contributed by atoms with E-state index in [1.807, 2.05) is 42.4 Å². The van der Waals surface area contributed by atoms with Gasteiger partial charge in [0.25, 0.3) is 11.8 Å². The van der Waals surface area contributed by atoms with Gasteiger partial charge in [0, 0.05) is 81.7 Å². The molecule has 50 heavy (non-hydrogen) atoms. The third-order valence-electron chi connectivity index (χ3n) is 10.5. The van der Waals surface area contributed by atoms with E-state index in [9.17, 15) is 19.5 Å². The number of amides is 2. The number of aromatic nitrogens is 4. The zero-order chi connectivity index (χ0) is 35.3. The molecule has 3 aliphatic rings. The molecule has 1 aliphatic carbocycles. The van der Waals surface area contributed by atoms with Gasteiger partial charge < -0.3 is 29.8 Å². The van der Waals surface area contributed by atoms with Crippen molar-refractivity contribution in [1.29, 1.82) is 0 Å². The first-order valence-corrected chi connectivity index (χ1v) is 17.7. The van der Waals surface area contributed by atoms with E-state index in [-0.39, 0.29) is 17.7 Å². The van der Waals surface area contributed by atoms with Crippen LogP contribution in [-0.2, 0) is 44.8 Å². The third-order valence-corrected chi connectivity index (χ3v) is 11.3. The van der Waals surface area contributed by atoms with E-state index in [4.69, 9.17) is 28.2 Å². The first kappa shape index (κ1) is 34.2. The molecule has 4 heterocycles. The Morgan fingerprint density at radius 3 is 1.76 bits per heavy atom. The fourth-order valence-corrected chi connectivity index (χ4v) is 8.19. The second kappa shape index (κ2) is 13.8. The van der Waals surface area contributed by atoms with Crippen molar-refractivity contribution in [3.8, 4) is 11.1 Å². The molecular weight excluding hydrogens is 679 g/mol. The number of nitrogens with zero attached hydrogens (tertiary/aromatic N) is 6. The van der Waals surface area contributed by atoms with E-state index in [1.165, 1.54) is 0 Å². The molecular formula is C36H40Cl2N8O4. The topological polar surface area (TPSA) is 138 Å². The van der Waals surface area contributed by atoms with Gasteiger partial charge in [-0.3, -0.25) is 19.3 Å². The van der Waals surface area contributed by atoms with Crippen LogP contribution in [0.3, 0.4) is 0 Å². The fraction of sp³-hybridized carbons (Fsp3) is 0.417. The standard InChI is InChI=1S/C36H40Cl2N8O4/c1-43-16-14-28-26(18-43)39-32(44(28)2)34(47)41-24-8-4-6-22(30(24)37)23-7-5-9-25(31(23)38)42-35(48)33-40-27-19-46(17-15-29(27)45(33)3)21-12-10-20(11-13-21)36(49)50/h4-9,20-21H,10-19H2,1-3H3,(H,41,47)(H,42,48)(H,49,50). The highest BCUT2D eigenvalue weighted by molar-refractivity contribution is 6.40. The minimum Gasteiger partial charge on any atom is -0.481 e. The summed E-state index contributed by atoms with van der Waals surface area (Å²) in [5.41, 5.74) is 5.86. The molecule has 14 heteroatoms. The Balaban J connectivity index is 1.06. The molecule has 0 spiro atoms. The number of imidazole rings is 2. The number of aliphatic carboxylic acids is 1. The molecule has 2 aromatic heterocycles. The number of hydrogen-bond acceptors (Lipinski definition) is 7. The Kier molecular flexibility index (Phi) is 9.46. The third kappa shape index (κ3) is 6.41. The van der Waals surface area contributed by atoms with Gasteiger partial charge in [-0.15, -0.1) is 0 Å². The van der Waals surface area contributed by atoms with Crippen LogP contribution in [-0.4, -0.2) is 78.0 Å². The first-order valence-electron chi connectivity index (χ1n) is 16.9. The van der Waals surface area contributed by atoms with Gasteiger partial charge in [0.2, 0.25) is 0 Å². The zero-order valence-electron chi connectivity index (χ0n) is 28.3. The summed E-state index contributed by atoms with van der Waals surface area (Å²) in [4.78, 5) is 52.3. The monoisotopic (exact) mass is 718 g/mol. The van der Waals surface area contributed by atoms with E-state index in [2.05, 4.69) is 25.4 Å². The summed E-state index contributed by atoms with van der Waals surface area (Å²) in [6.45, 7) is 3.06. The van der Waals surface area contributed by atoms with Gasteiger partial charge in [0.05, 0.1) is 38.7 Å². The van der Waals surface area contributed by atoms with E-state index in [0.717, 1.165) is 61.5 Å². The maximum atomic E-state index is 13.6. The van der Waals surface area contributed by atoms with Crippen LogP contribution in [0.4, 0.5) is 11.4 Å². The van der Waals surface area contributed by atoms with Crippen LogP contribution in [0, 0.1) is 5.92 Å². The molecule has 4 aromatic rings. The second-order valence-corrected chi connectivity index (χ2v) is 14.3. The molecule has 2 amide bonds. The Morgan fingerprint density at radius 2 is 1.24 bits per heavy atom. The molecule has 1 saturated carbocycles. The number of carboxylic acids is 1. The van der Waals surface area contributed by atoms with Crippen molar-refractivity contribution >= 4 is 52.4 Å². The van der Waals surface area contributed by atoms with E-state index in [0.29, 0.717) is 76.2 Å². The highest BCUT2D eigenvalue weighted by atomic mass is 35.5. The Bertz CT molecular complexity index is 2000. The average molecular weight is 720 g/mol. The SMILES string of the molecule is CN1CCc2c(nc(C(=O)Nc3cccc(-c4cccc(NC(=O)c5nc6c(n5C)CCN(C5CCC(C(=O)O)CC5)C6)c4Cl)c3Cl)n2C)C1. The van der Waals surface area contributed by atoms with Crippen LogP contribution >= 0.6 is 23.2 Å². The summed E-state index contributed by atoms with van der Waals surface area (Å²) < 4.78 is 3.70. The molecule has 0 bridgehead atoms. The maximum Gasteiger partial charge on any atom is 0.306 e. The summed E-state index contributed by atoms with van der Waals surface area (Å²) in [7, 11) is 5.74. The molecule has 3 N–H and O–H groups in total. The van der Waals surface area contributed by atoms with Gasteiger partial charge in [0.1, 0.15) is 0 Å². The van der Waals surface area contributed by atoms with Crippen LogP contribution in [0.2, 0.25) is 10.0 Å². The van der Waals surface area contributed by atoms with Crippen molar-refractivity contribution in [3.05, 3.63) is 80.9 Å². The largest absolute Gasteiger partial charge is 0.481 e. The van der Waals surface area contributed by atoms with Crippen molar-refractivity contribution in [2.75, 3.05) is 30.8 Å². The van der Waals surface area contributed by atoms with Crippen LogP contribution in [0.25, 0.3) is 11.1 Å². The molecule has 7 rings (SSSR count). The molecule has 12 nitrogen and oxygen atoms in total. The molecule has 0 unspecified atom stereocenters. The molecule has 262 valence electrons. The minimum atomic E-state index is -0.705. The number of likely N-dealkylation sites (N-methyl/N-ethyl adjacent to an activating group) is 1. The minimum absolute atomic E-state index is 0.256. The van der Waals surface area contributed by atoms with Crippen LogP contribution in [0.15, 0.2) is 36.4 Å². The normalized spacial score (nSPS) is 19.5. The van der Waals surface area contributed by atoms with Gasteiger partial charge in [-0.1, -0.05) is 47.5 Å². The summed E-state index contributed by atoms with van der Waals surface area (Å²) in [5, 5.41) is 15.9. The van der Waals surface area contributed by atoms with Crippen molar-refractivity contribution < 1.29 is 19.5 Å². The number of halogens is 2. The van der Waals surface area contributed by atoms with Gasteiger partial charge in [-0.2, -0.15) is 0 Å². The summed E-state index contributed by atoms with van der Waals surface area (Å²) in [6, 6.07) is 11.0. The molecule has 0 saturated heterocycles. The smallest absolute Gasteiger partial charge is 0.306 e. The van der Waals surface area contributed by atoms with Gasteiger partial charge >= 0.3 is 5.97 Å². The number of anilines is 2. The van der Waals surface area contributed by atoms with E-state index in [1.54, 1.807) is 24.3 Å². The molecule has 1 fully saturated rings. The van der Waals surface area contributed by atoms with Gasteiger partial charge in [0.15, 0.2) is 11.6 Å². The number of benzene rings is 2. The van der Waals surface area contributed by atoms with Crippen LogP contribution < -0.4 is 10.6 Å². The quantitative estimate of drug-likeness (QED) is 0.224. The number of carboxylic acid groups (broad SMARTS) is 1. The van der Waals surface area contributed by atoms with Crippen molar-refractivity contribution in [2.24, 2.45) is 20.0 Å². The molecule has 0 atom stereocenters. The predicted molar refractivity (Wildman–Crippen MR) is 192 cm³/mol. The molecule has 2 aromatic carbocycles. The highest BCUT2D eigenvalue weighted by Crippen LogP contribution is 2.40. The lowest BCUT2D eigenvalue weighted by Crippen LogP contribution is -2.42. The van der Waals surface area contributed by atoms with Crippen molar-refractivity contribution in [3.63, 3.8) is 0 Å². The van der Waals surface area contributed by atoms with Crippen molar-refractivity contribution in [2.45, 2.75) is 57.7 Å². The van der Waals surface area contributed by atoms with Gasteiger partial charge in [-0.25, -0.2) is 9.97 Å². The fourth-order valence-electron chi connectivity index (χ4n) is 7.64. The Morgan fingerprint density at radius 1 is 0.740 bits per heavy atom. The maximum absolute atomic E-state index is 13.6. The molecule has 2 aliphatic heterocycles. The highest BCUT2D eigenvalue weighted by Gasteiger charge is 2.33. The average Bonchev–Trinajstić information content (AvgIpc) is 3.62. The van der Waals surface area contributed by atoms with E-state index >= 15 is 0 Å². The van der Waals surface area contributed by atoms with Crippen LogP contribution in [0.1, 0.15) is 69.7 Å². The lowest BCUT2D eigenvalue weighted by molar-refractivity contribution is -0.143.